The van der Waals surface area contributed by atoms with E-state index in [1.165, 1.54) is 30.8 Å². The lowest BCUT2D eigenvalue weighted by molar-refractivity contribution is 0.373. The molecule has 0 bridgehead atoms. The van der Waals surface area contributed by atoms with E-state index in [9.17, 15) is 0 Å². The molecule has 1 aromatic heterocycles. The number of piperidine rings is 1. The summed E-state index contributed by atoms with van der Waals surface area (Å²) in [4.78, 5) is 11.9. The number of hydrogen-bond acceptors (Lipinski definition) is 4. The van der Waals surface area contributed by atoms with Crippen molar-refractivity contribution >= 4 is 5.95 Å². The van der Waals surface area contributed by atoms with E-state index in [0.29, 0.717) is 0 Å². The molecule has 2 aliphatic rings. The molecule has 0 spiro atoms. The van der Waals surface area contributed by atoms with Crippen molar-refractivity contribution in [2.45, 2.75) is 45.6 Å². The number of anilines is 1. The number of aryl methyl sites for hydroxylation is 2. The number of rotatable bonds is 3. The van der Waals surface area contributed by atoms with E-state index < -0.39 is 0 Å². The minimum Gasteiger partial charge on any atom is -0.340 e. The molecular weight excluding hydrogens is 236 g/mol. The Balaban J connectivity index is 1.81. The molecule has 0 radical (unpaired) electrons. The second kappa shape index (κ2) is 5.45. The summed E-state index contributed by atoms with van der Waals surface area (Å²) >= 11 is 0. The summed E-state index contributed by atoms with van der Waals surface area (Å²) in [7, 11) is 0. The highest BCUT2D eigenvalue weighted by Gasteiger charge is 2.33. The van der Waals surface area contributed by atoms with Crippen LogP contribution in [0.25, 0.3) is 0 Å². The van der Waals surface area contributed by atoms with E-state index in [1.54, 1.807) is 0 Å². The van der Waals surface area contributed by atoms with Gasteiger partial charge in [0.25, 0.3) is 0 Å². The third-order valence-electron chi connectivity index (χ3n) is 4.48. The maximum Gasteiger partial charge on any atom is 0.225 e. The van der Waals surface area contributed by atoms with Gasteiger partial charge in [-0.1, -0.05) is 13.8 Å². The monoisotopic (exact) mass is 260 g/mol. The zero-order valence-corrected chi connectivity index (χ0v) is 12.0. The highest BCUT2D eigenvalue weighted by atomic mass is 15.3. The van der Waals surface area contributed by atoms with Crippen LogP contribution in [0.3, 0.4) is 0 Å². The molecule has 2 saturated heterocycles. The van der Waals surface area contributed by atoms with E-state index in [0.717, 1.165) is 43.8 Å². The molecule has 2 aliphatic heterocycles. The van der Waals surface area contributed by atoms with Gasteiger partial charge in [0.2, 0.25) is 5.95 Å². The van der Waals surface area contributed by atoms with Crippen molar-refractivity contribution in [1.82, 2.24) is 15.3 Å². The minimum absolute atomic E-state index is 0.733. The summed E-state index contributed by atoms with van der Waals surface area (Å²) in [5.41, 5.74) is 2.35. The number of hydrogen-bond donors (Lipinski definition) is 1. The van der Waals surface area contributed by atoms with Gasteiger partial charge in [-0.2, -0.15) is 0 Å². The van der Waals surface area contributed by atoms with Gasteiger partial charge in [-0.05, 0) is 44.2 Å². The summed E-state index contributed by atoms with van der Waals surface area (Å²) in [6, 6.07) is 2.88. The Hall–Kier alpha value is -1.16. The Morgan fingerprint density at radius 2 is 1.95 bits per heavy atom. The van der Waals surface area contributed by atoms with Gasteiger partial charge >= 0.3 is 0 Å². The summed E-state index contributed by atoms with van der Waals surface area (Å²) < 4.78 is 0. The lowest BCUT2D eigenvalue weighted by atomic mass is 9.93. The normalized spacial score (nSPS) is 26.5. The molecule has 19 heavy (non-hydrogen) atoms. The minimum atomic E-state index is 0.733. The largest absolute Gasteiger partial charge is 0.340 e. The molecule has 3 rings (SSSR count). The van der Waals surface area contributed by atoms with E-state index in [2.05, 4.69) is 30.1 Å². The molecule has 1 N–H and O–H groups in total. The predicted octanol–water partition coefficient (Wildman–Crippen LogP) is 1.79. The van der Waals surface area contributed by atoms with Gasteiger partial charge in [0.1, 0.15) is 0 Å². The Kier molecular flexibility index (Phi) is 3.69. The fourth-order valence-electron chi connectivity index (χ4n) is 3.27. The molecule has 3 heterocycles. The zero-order chi connectivity index (χ0) is 13.2. The van der Waals surface area contributed by atoms with Crippen LogP contribution in [0, 0.1) is 5.92 Å². The second-order valence-electron chi connectivity index (χ2n) is 5.70. The van der Waals surface area contributed by atoms with E-state index >= 15 is 0 Å². The molecule has 0 saturated carbocycles. The summed E-state index contributed by atoms with van der Waals surface area (Å²) in [6.45, 7) is 7.72. The van der Waals surface area contributed by atoms with Crippen LogP contribution in [0.5, 0.6) is 0 Å². The van der Waals surface area contributed by atoms with Crippen LogP contribution >= 0.6 is 0 Å². The van der Waals surface area contributed by atoms with Crippen molar-refractivity contribution in [1.29, 1.82) is 0 Å². The Morgan fingerprint density at radius 1 is 1.21 bits per heavy atom. The van der Waals surface area contributed by atoms with Gasteiger partial charge in [0.05, 0.1) is 0 Å². The molecule has 1 aromatic rings. The van der Waals surface area contributed by atoms with Crippen molar-refractivity contribution in [3.8, 4) is 0 Å². The van der Waals surface area contributed by atoms with E-state index in [1.807, 2.05) is 0 Å². The maximum absolute atomic E-state index is 4.73. The fourth-order valence-corrected chi connectivity index (χ4v) is 3.27. The molecule has 2 atom stereocenters. The molecule has 0 aliphatic carbocycles. The molecule has 2 unspecified atom stereocenters. The van der Waals surface area contributed by atoms with Gasteiger partial charge in [0, 0.05) is 30.5 Å². The lowest BCUT2D eigenvalue weighted by Gasteiger charge is -2.35. The molecule has 2 fully saturated rings. The first-order chi connectivity index (χ1) is 9.30. The average Bonchev–Trinajstić information content (AvgIpc) is 2.94. The first kappa shape index (κ1) is 12.9. The third kappa shape index (κ3) is 2.59. The van der Waals surface area contributed by atoms with Crippen molar-refractivity contribution in [2.24, 2.45) is 5.92 Å². The Morgan fingerprint density at radius 3 is 2.63 bits per heavy atom. The highest BCUT2D eigenvalue weighted by molar-refractivity contribution is 5.34. The maximum atomic E-state index is 4.73. The Bertz CT molecular complexity index is 424. The molecule has 4 nitrogen and oxygen atoms in total. The van der Waals surface area contributed by atoms with Crippen molar-refractivity contribution in [2.75, 3.05) is 24.5 Å². The van der Waals surface area contributed by atoms with Crippen LogP contribution in [-0.4, -0.2) is 35.6 Å². The van der Waals surface area contributed by atoms with Gasteiger partial charge in [-0.15, -0.1) is 0 Å². The molecule has 0 aromatic carbocycles. The van der Waals surface area contributed by atoms with E-state index in [4.69, 9.17) is 9.97 Å². The molecular formula is C15H24N4. The van der Waals surface area contributed by atoms with Crippen molar-refractivity contribution < 1.29 is 0 Å². The predicted molar refractivity (Wildman–Crippen MR) is 77.5 cm³/mol. The van der Waals surface area contributed by atoms with Crippen LogP contribution in [-0.2, 0) is 12.8 Å². The van der Waals surface area contributed by atoms with Gasteiger partial charge < -0.3 is 10.2 Å². The Labute approximate surface area is 115 Å². The lowest BCUT2D eigenvalue weighted by Crippen LogP contribution is -2.45. The van der Waals surface area contributed by atoms with Gasteiger partial charge in [-0.25, -0.2) is 9.97 Å². The molecule has 4 heteroatoms. The second-order valence-corrected chi connectivity index (χ2v) is 5.70. The van der Waals surface area contributed by atoms with E-state index in [-0.39, 0.29) is 0 Å². The molecule has 104 valence electrons. The van der Waals surface area contributed by atoms with Crippen molar-refractivity contribution in [3.05, 3.63) is 17.5 Å². The summed E-state index contributed by atoms with van der Waals surface area (Å²) in [5, 5.41) is 3.61. The average molecular weight is 260 g/mol. The summed E-state index contributed by atoms with van der Waals surface area (Å²) in [6.07, 6.45) is 4.51. The summed E-state index contributed by atoms with van der Waals surface area (Å²) in [5.74, 6) is 1.74. The smallest absolute Gasteiger partial charge is 0.225 e. The van der Waals surface area contributed by atoms with Crippen LogP contribution in [0.1, 0.15) is 38.1 Å². The fraction of sp³-hybridized carbons (Fsp3) is 0.733. The molecule has 0 amide bonds. The van der Waals surface area contributed by atoms with Gasteiger partial charge in [0.15, 0.2) is 0 Å². The standard InChI is InChI=1S/C15H24N4/c1-3-12-9-13(4-2)18-15(17-12)19-8-6-14-11(10-19)5-7-16-14/h9,11,14,16H,3-8,10H2,1-2H3. The van der Waals surface area contributed by atoms with Crippen LogP contribution in [0.2, 0.25) is 0 Å². The van der Waals surface area contributed by atoms with Gasteiger partial charge in [-0.3, -0.25) is 0 Å². The van der Waals surface area contributed by atoms with Crippen LogP contribution < -0.4 is 10.2 Å². The topological polar surface area (TPSA) is 41.1 Å². The number of nitrogens with one attached hydrogen (secondary N) is 1. The first-order valence-corrected chi connectivity index (χ1v) is 7.65. The zero-order valence-electron chi connectivity index (χ0n) is 12.0. The van der Waals surface area contributed by atoms with Crippen LogP contribution in [0.4, 0.5) is 5.95 Å². The third-order valence-corrected chi connectivity index (χ3v) is 4.48. The number of fused-ring (bicyclic) bond motifs is 1. The number of nitrogens with zero attached hydrogens (tertiary/aromatic N) is 3. The highest BCUT2D eigenvalue weighted by Crippen LogP contribution is 2.27. The SMILES string of the molecule is CCc1cc(CC)nc(N2CCC3NCCC3C2)n1. The van der Waals surface area contributed by atoms with Crippen molar-refractivity contribution in [3.63, 3.8) is 0 Å². The first-order valence-electron chi connectivity index (χ1n) is 7.65. The van der Waals surface area contributed by atoms with Crippen LogP contribution in [0.15, 0.2) is 6.07 Å². The number of aromatic nitrogens is 2. The quantitative estimate of drug-likeness (QED) is 0.899.